The third-order valence-corrected chi connectivity index (χ3v) is 6.70. The predicted octanol–water partition coefficient (Wildman–Crippen LogP) is 3.30. The first-order valence-electron chi connectivity index (χ1n) is 10.7. The lowest BCUT2D eigenvalue weighted by Crippen LogP contribution is -2.43. The standard InChI is InChI=1S/C24H29NO6S/c1-5-32-10-9-31-24(29)19-14(3)25-17-11-13(2)18(23(28)30-4)22(27)21(17)20(19)15-7-6-8-16(26)12-15/h6-8,12-13,18,20,25-26H,5,9-11H2,1-4H3/t13-,18+,20-/m1/s1. The molecule has 3 rings (SSSR count). The van der Waals surface area contributed by atoms with Gasteiger partial charge >= 0.3 is 11.9 Å². The maximum Gasteiger partial charge on any atom is 0.336 e. The van der Waals surface area contributed by atoms with Gasteiger partial charge < -0.3 is 19.9 Å². The third-order valence-electron chi connectivity index (χ3n) is 5.83. The van der Waals surface area contributed by atoms with Crippen LogP contribution in [0.15, 0.2) is 46.8 Å². The maximum atomic E-state index is 13.6. The molecule has 0 unspecified atom stereocenters. The number of carbonyl (C=O) groups excluding carboxylic acids is 3. The van der Waals surface area contributed by atoms with Gasteiger partial charge in [0.1, 0.15) is 18.3 Å². The van der Waals surface area contributed by atoms with Gasteiger partial charge in [0.2, 0.25) is 0 Å². The summed E-state index contributed by atoms with van der Waals surface area (Å²) >= 11 is 1.66. The molecule has 1 aromatic carbocycles. The number of rotatable bonds is 7. The Bertz CT molecular complexity index is 982. The van der Waals surface area contributed by atoms with Gasteiger partial charge in [0.25, 0.3) is 0 Å². The van der Waals surface area contributed by atoms with Crippen LogP contribution < -0.4 is 5.32 Å². The highest BCUT2D eigenvalue weighted by Gasteiger charge is 2.47. The molecule has 8 heteroatoms. The fourth-order valence-electron chi connectivity index (χ4n) is 4.40. The summed E-state index contributed by atoms with van der Waals surface area (Å²) in [5.41, 5.74) is 2.53. The second-order valence-electron chi connectivity index (χ2n) is 7.96. The number of thioether (sulfide) groups is 1. The molecule has 7 nitrogen and oxygen atoms in total. The smallest absolute Gasteiger partial charge is 0.336 e. The normalized spacial score (nSPS) is 22.9. The Balaban J connectivity index is 2.07. The molecule has 0 radical (unpaired) electrons. The van der Waals surface area contributed by atoms with Crippen molar-refractivity contribution < 1.29 is 29.0 Å². The molecule has 0 aromatic heterocycles. The van der Waals surface area contributed by atoms with Gasteiger partial charge in [-0.25, -0.2) is 4.79 Å². The van der Waals surface area contributed by atoms with Crippen LogP contribution in [0.2, 0.25) is 0 Å². The van der Waals surface area contributed by atoms with Crippen LogP contribution in [0.3, 0.4) is 0 Å². The Morgan fingerprint density at radius 1 is 1.31 bits per heavy atom. The first-order valence-corrected chi connectivity index (χ1v) is 11.8. The Morgan fingerprint density at radius 3 is 2.72 bits per heavy atom. The third kappa shape index (κ3) is 4.70. The van der Waals surface area contributed by atoms with Crippen LogP contribution in [0.25, 0.3) is 0 Å². The quantitative estimate of drug-likeness (QED) is 0.364. The number of hydrogen-bond acceptors (Lipinski definition) is 8. The number of dihydropyridines is 1. The average Bonchev–Trinajstić information content (AvgIpc) is 2.75. The van der Waals surface area contributed by atoms with Crippen LogP contribution in [0, 0.1) is 11.8 Å². The fourth-order valence-corrected chi connectivity index (χ4v) is 4.89. The molecule has 1 heterocycles. The molecule has 0 amide bonds. The molecular weight excluding hydrogens is 430 g/mol. The van der Waals surface area contributed by atoms with E-state index < -0.39 is 23.8 Å². The first kappa shape index (κ1) is 23.9. The predicted molar refractivity (Wildman–Crippen MR) is 122 cm³/mol. The molecule has 1 aliphatic heterocycles. The Morgan fingerprint density at radius 2 is 2.06 bits per heavy atom. The van der Waals surface area contributed by atoms with Gasteiger partial charge in [-0.2, -0.15) is 11.8 Å². The van der Waals surface area contributed by atoms with E-state index in [-0.39, 0.29) is 24.1 Å². The summed E-state index contributed by atoms with van der Waals surface area (Å²) in [5, 5.41) is 13.3. The van der Waals surface area contributed by atoms with E-state index in [2.05, 4.69) is 5.32 Å². The summed E-state index contributed by atoms with van der Waals surface area (Å²) in [6.07, 6.45) is 0.461. The molecule has 2 N–H and O–H groups in total. The van der Waals surface area contributed by atoms with E-state index >= 15 is 0 Å². The lowest BCUT2D eigenvalue weighted by atomic mass is 9.69. The van der Waals surface area contributed by atoms with E-state index in [9.17, 15) is 19.5 Å². The lowest BCUT2D eigenvalue weighted by molar-refractivity contribution is -0.151. The van der Waals surface area contributed by atoms with Crippen molar-refractivity contribution in [3.05, 3.63) is 52.4 Å². The number of Topliss-reactive ketones (excluding diaryl/α,β-unsaturated/α-hetero) is 1. The van der Waals surface area contributed by atoms with Crippen molar-refractivity contribution in [1.82, 2.24) is 5.32 Å². The monoisotopic (exact) mass is 459 g/mol. The van der Waals surface area contributed by atoms with Gasteiger partial charge in [-0.1, -0.05) is 26.0 Å². The highest BCUT2D eigenvalue weighted by Crippen LogP contribution is 2.45. The molecule has 3 atom stereocenters. The van der Waals surface area contributed by atoms with E-state index in [1.54, 1.807) is 30.8 Å². The summed E-state index contributed by atoms with van der Waals surface area (Å²) in [6.45, 7) is 5.90. The molecule has 32 heavy (non-hydrogen) atoms. The molecule has 0 bridgehead atoms. The van der Waals surface area contributed by atoms with Crippen molar-refractivity contribution >= 4 is 29.5 Å². The summed E-state index contributed by atoms with van der Waals surface area (Å²) in [6, 6.07) is 6.48. The van der Waals surface area contributed by atoms with Gasteiger partial charge in [-0.05, 0) is 42.7 Å². The summed E-state index contributed by atoms with van der Waals surface area (Å²) in [5.74, 6) is -1.81. The molecule has 0 fully saturated rings. The second-order valence-corrected chi connectivity index (χ2v) is 9.36. The molecule has 0 spiro atoms. The molecule has 0 saturated carbocycles. The number of methoxy groups -OCH3 is 1. The number of phenols is 1. The molecular formula is C24H29NO6S. The van der Waals surface area contributed by atoms with E-state index in [0.29, 0.717) is 40.3 Å². The van der Waals surface area contributed by atoms with Gasteiger partial charge in [0.05, 0.1) is 12.7 Å². The fraction of sp³-hybridized carbons (Fsp3) is 0.458. The number of esters is 2. The zero-order valence-corrected chi connectivity index (χ0v) is 19.6. The minimum atomic E-state index is -0.947. The molecule has 2 aliphatic rings. The zero-order chi connectivity index (χ0) is 23.4. The Kier molecular flexibility index (Phi) is 7.66. The van der Waals surface area contributed by atoms with Gasteiger partial charge in [0, 0.05) is 28.6 Å². The minimum Gasteiger partial charge on any atom is -0.508 e. The number of hydrogen-bond donors (Lipinski definition) is 2. The Hall–Kier alpha value is -2.74. The SMILES string of the molecule is CCSCCOC(=O)C1=C(C)NC2=C(C(=O)[C@@H](C(=O)OC)[C@H](C)C2)[C@@H]1c1cccc(O)c1. The minimum absolute atomic E-state index is 0.0223. The van der Waals surface area contributed by atoms with Crippen molar-refractivity contribution in [2.24, 2.45) is 11.8 Å². The number of phenolic OH excluding ortho intramolecular Hbond substituents is 1. The molecule has 1 aliphatic carbocycles. The average molecular weight is 460 g/mol. The Labute approximate surface area is 192 Å². The summed E-state index contributed by atoms with van der Waals surface area (Å²) in [4.78, 5) is 39.1. The van der Waals surface area contributed by atoms with Crippen LogP contribution in [0.5, 0.6) is 5.75 Å². The number of ketones is 1. The second kappa shape index (κ2) is 10.3. The number of carbonyl (C=O) groups is 3. The summed E-state index contributed by atoms with van der Waals surface area (Å²) < 4.78 is 10.4. The first-order chi connectivity index (χ1) is 15.3. The van der Waals surface area contributed by atoms with Gasteiger partial charge in [0.15, 0.2) is 5.78 Å². The largest absolute Gasteiger partial charge is 0.508 e. The maximum absolute atomic E-state index is 13.6. The topological polar surface area (TPSA) is 102 Å². The van der Waals surface area contributed by atoms with Crippen LogP contribution in [0.4, 0.5) is 0 Å². The lowest BCUT2D eigenvalue weighted by Gasteiger charge is -2.38. The number of nitrogens with one attached hydrogen (secondary N) is 1. The van der Waals surface area contributed by atoms with Crippen LogP contribution in [0.1, 0.15) is 38.7 Å². The zero-order valence-electron chi connectivity index (χ0n) is 18.8. The summed E-state index contributed by atoms with van der Waals surface area (Å²) in [7, 11) is 1.26. The van der Waals surface area contributed by atoms with Crippen molar-refractivity contribution in [2.45, 2.75) is 33.1 Å². The number of allylic oxidation sites excluding steroid dienone is 3. The van der Waals surface area contributed by atoms with Crippen LogP contribution in [-0.4, -0.2) is 48.1 Å². The van der Waals surface area contributed by atoms with Crippen LogP contribution >= 0.6 is 11.8 Å². The van der Waals surface area contributed by atoms with Crippen molar-refractivity contribution in [3.63, 3.8) is 0 Å². The van der Waals surface area contributed by atoms with Crippen LogP contribution in [-0.2, 0) is 23.9 Å². The molecule has 1 aromatic rings. The number of ether oxygens (including phenoxy) is 2. The number of aromatic hydroxyl groups is 1. The van der Waals surface area contributed by atoms with E-state index in [1.807, 2.05) is 13.8 Å². The van der Waals surface area contributed by atoms with Gasteiger partial charge in [-0.3, -0.25) is 9.59 Å². The molecule has 0 saturated heterocycles. The van der Waals surface area contributed by atoms with E-state index in [0.717, 1.165) is 5.75 Å². The van der Waals surface area contributed by atoms with E-state index in [4.69, 9.17) is 9.47 Å². The molecule has 172 valence electrons. The van der Waals surface area contributed by atoms with E-state index in [1.165, 1.54) is 19.2 Å². The van der Waals surface area contributed by atoms with Crippen molar-refractivity contribution in [3.8, 4) is 5.75 Å². The highest BCUT2D eigenvalue weighted by molar-refractivity contribution is 7.99. The highest BCUT2D eigenvalue weighted by atomic mass is 32.2. The van der Waals surface area contributed by atoms with Crippen molar-refractivity contribution in [2.75, 3.05) is 25.2 Å². The number of benzene rings is 1. The van der Waals surface area contributed by atoms with Gasteiger partial charge in [-0.15, -0.1) is 0 Å². The van der Waals surface area contributed by atoms with Crippen molar-refractivity contribution in [1.29, 1.82) is 0 Å².